The van der Waals surface area contributed by atoms with Crippen molar-refractivity contribution in [2.75, 3.05) is 11.9 Å². The normalized spacial score (nSPS) is 13.7. The van der Waals surface area contributed by atoms with E-state index < -0.39 is 10.0 Å². The van der Waals surface area contributed by atoms with E-state index in [0.29, 0.717) is 0 Å². The van der Waals surface area contributed by atoms with Crippen molar-refractivity contribution >= 4 is 39.0 Å². The topological polar surface area (TPSA) is 71.1 Å². The second-order valence-electron chi connectivity index (χ2n) is 4.90. The summed E-state index contributed by atoms with van der Waals surface area (Å²) in [7, 11) is -3.68. The molecule has 0 radical (unpaired) electrons. The van der Waals surface area contributed by atoms with E-state index in [-0.39, 0.29) is 21.5 Å². The Hall–Kier alpha value is -1.34. The van der Waals surface area contributed by atoms with Crippen LogP contribution in [0.3, 0.4) is 0 Å². The van der Waals surface area contributed by atoms with Gasteiger partial charge in [0.05, 0.1) is 4.90 Å². The van der Waals surface area contributed by atoms with Gasteiger partial charge >= 0.3 is 0 Å². The van der Waals surface area contributed by atoms with Crippen LogP contribution in [-0.4, -0.2) is 19.9 Å². The number of hydrogen-bond acceptors (Lipinski definition) is 4. The number of nitrogens with one attached hydrogen (secondary N) is 2. The van der Waals surface area contributed by atoms with E-state index in [4.69, 9.17) is 23.2 Å². The predicted molar refractivity (Wildman–Crippen MR) is 86.9 cm³/mol. The fourth-order valence-electron chi connectivity index (χ4n) is 2.37. The number of hydrogen-bond donors (Lipinski definition) is 2. The molecule has 1 aliphatic heterocycles. The summed E-state index contributed by atoms with van der Waals surface area (Å²) in [4.78, 5) is 4.27. The molecule has 0 saturated heterocycles. The van der Waals surface area contributed by atoms with Crippen LogP contribution in [0, 0.1) is 0 Å². The lowest BCUT2D eigenvalue weighted by molar-refractivity contribution is 0.581. The molecule has 0 atom stereocenters. The van der Waals surface area contributed by atoms with E-state index in [2.05, 4.69) is 15.0 Å². The summed E-state index contributed by atoms with van der Waals surface area (Å²) >= 11 is 11.7. The number of sulfonamides is 1. The Bertz CT molecular complexity index is 805. The van der Waals surface area contributed by atoms with Crippen LogP contribution in [-0.2, 0) is 23.0 Å². The van der Waals surface area contributed by atoms with E-state index in [1.807, 2.05) is 6.07 Å². The molecule has 2 aromatic rings. The highest BCUT2D eigenvalue weighted by Gasteiger charge is 2.19. The van der Waals surface area contributed by atoms with Gasteiger partial charge in [-0.1, -0.05) is 23.2 Å². The smallest absolute Gasteiger partial charge is 0.240 e. The highest BCUT2D eigenvalue weighted by molar-refractivity contribution is 7.89. The van der Waals surface area contributed by atoms with Crippen LogP contribution in [0.2, 0.25) is 10.0 Å². The van der Waals surface area contributed by atoms with Crippen LogP contribution in [0.15, 0.2) is 35.4 Å². The summed E-state index contributed by atoms with van der Waals surface area (Å²) in [5.41, 5.74) is 1.96. The second kappa shape index (κ2) is 6.04. The number of benzene rings is 1. The highest BCUT2D eigenvalue weighted by Crippen LogP contribution is 2.24. The summed E-state index contributed by atoms with van der Waals surface area (Å²) in [5, 5.41) is 3.72. The molecule has 0 spiro atoms. The van der Waals surface area contributed by atoms with Crippen molar-refractivity contribution in [1.29, 1.82) is 0 Å². The van der Waals surface area contributed by atoms with Gasteiger partial charge in [0.1, 0.15) is 5.82 Å². The molecule has 8 heteroatoms. The van der Waals surface area contributed by atoms with Gasteiger partial charge in [-0.2, -0.15) is 0 Å². The van der Waals surface area contributed by atoms with E-state index in [0.717, 1.165) is 29.9 Å². The van der Waals surface area contributed by atoms with Crippen LogP contribution in [0.5, 0.6) is 0 Å². The van der Waals surface area contributed by atoms with Crippen molar-refractivity contribution in [3.63, 3.8) is 0 Å². The fraction of sp³-hybridized carbons (Fsp3) is 0.214. The Balaban J connectivity index is 1.82. The number of fused-ring (bicyclic) bond motifs is 1. The van der Waals surface area contributed by atoms with Gasteiger partial charge < -0.3 is 5.32 Å². The highest BCUT2D eigenvalue weighted by atomic mass is 35.5. The molecule has 5 nitrogen and oxygen atoms in total. The average molecular weight is 358 g/mol. The number of halogens is 2. The van der Waals surface area contributed by atoms with Gasteiger partial charge in [0.15, 0.2) is 0 Å². The van der Waals surface area contributed by atoms with E-state index >= 15 is 0 Å². The van der Waals surface area contributed by atoms with Crippen LogP contribution in [0.1, 0.15) is 11.1 Å². The average Bonchev–Trinajstić information content (AvgIpc) is 2.93. The molecule has 1 aliphatic rings. The first-order valence-electron chi connectivity index (χ1n) is 6.62. The van der Waals surface area contributed by atoms with Gasteiger partial charge in [0.2, 0.25) is 10.0 Å². The summed E-state index contributed by atoms with van der Waals surface area (Å²) in [5.74, 6) is 0.822. The Labute approximate surface area is 138 Å². The largest absolute Gasteiger partial charge is 0.370 e. The molecule has 2 heterocycles. The third-order valence-electron chi connectivity index (χ3n) is 3.42. The minimum atomic E-state index is -3.68. The SMILES string of the molecule is O=S(=O)(NCc1ccnc2c1CCN2)c1cc(Cl)cc(Cl)c1. The van der Waals surface area contributed by atoms with Crippen molar-refractivity contribution in [3.05, 3.63) is 51.6 Å². The molecule has 0 aliphatic carbocycles. The first-order chi connectivity index (χ1) is 10.5. The molecule has 1 aromatic carbocycles. The lowest BCUT2D eigenvalue weighted by Crippen LogP contribution is -2.23. The van der Waals surface area contributed by atoms with Crippen LogP contribution in [0.4, 0.5) is 5.82 Å². The third kappa shape index (κ3) is 3.20. The van der Waals surface area contributed by atoms with E-state index in [1.165, 1.54) is 18.2 Å². The number of pyridine rings is 1. The molecule has 0 saturated carbocycles. The number of anilines is 1. The molecule has 3 rings (SSSR count). The fourth-order valence-corrected chi connectivity index (χ4v) is 4.11. The summed E-state index contributed by atoms with van der Waals surface area (Å²) in [6.07, 6.45) is 2.50. The summed E-state index contributed by atoms with van der Waals surface area (Å²) in [6.45, 7) is 1.01. The molecular weight excluding hydrogens is 345 g/mol. The minimum Gasteiger partial charge on any atom is -0.370 e. The summed E-state index contributed by atoms with van der Waals surface area (Å²) < 4.78 is 27.3. The van der Waals surface area contributed by atoms with Gasteiger partial charge in [-0.05, 0) is 36.2 Å². The molecule has 22 heavy (non-hydrogen) atoms. The molecule has 116 valence electrons. The molecule has 1 aromatic heterocycles. The Morgan fingerprint density at radius 3 is 2.68 bits per heavy atom. The number of nitrogens with zero attached hydrogens (tertiary/aromatic N) is 1. The van der Waals surface area contributed by atoms with E-state index in [1.54, 1.807) is 6.20 Å². The van der Waals surface area contributed by atoms with Crippen LogP contribution >= 0.6 is 23.2 Å². The molecule has 0 bridgehead atoms. The van der Waals surface area contributed by atoms with Crippen molar-refractivity contribution < 1.29 is 8.42 Å². The lowest BCUT2D eigenvalue weighted by atomic mass is 10.1. The zero-order chi connectivity index (χ0) is 15.7. The quantitative estimate of drug-likeness (QED) is 0.882. The monoisotopic (exact) mass is 357 g/mol. The molecule has 2 N–H and O–H groups in total. The van der Waals surface area contributed by atoms with Gasteiger partial charge in [-0.15, -0.1) is 0 Å². The first kappa shape index (κ1) is 15.6. The van der Waals surface area contributed by atoms with Gasteiger partial charge in [0, 0.05) is 34.9 Å². The van der Waals surface area contributed by atoms with Gasteiger partial charge in [-0.3, -0.25) is 0 Å². The molecule has 0 fully saturated rings. The van der Waals surface area contributed by atoms with Crippen molar-refractivity contribution in [2.45, 2.75) is 17.9 Å². The van der Waals surface area contributed by atoms with Crippen molar-refractivity contribution in [2.24, 2.45) is 0 Å². The lowest BCUT2D eigenvalue weighted by Gasteiger charge is -2.10. The van der Waals surface area contributed by atoms with E-state index in [9.17, 15) is 8.42 Å². The Morgan fingerprint density at radius 1 is 1.23 bits per heavy atom. The van der Waals surface area contributed by atoms with Gasteiger partial charge in [-0.25, -0.2) is 18.1 Å². The zero-order valence-electron chi connectivity index (χ0n) is 11.4. The molecular formula is C14H13Cl2N3O2S. The predicted octanol–water partition coefficient (Wildman–Crippen LogP) is 2.83. The Morgan fingerprint density at radius 2 is 1.95 bits per heavy atom. The standard InChI is InChI=1S/C14H13Cl2N3O2S/c15-10-5-11(16)7-12(6-10)22(20,21)19-8-9-1-3-17-14-13(9)2-4-18-14/h1,3,5-7,19H,2,4,8H2,(H,17,18). The van der Waals surface area contributed by atoms with Crippen molar-refractivity contribution in [1.82, 2.24) is 9.71 Å². The molecule has 0 unspecified atom stereocenters. The maximum atomic E-state index is 12.4. The van der Waals surface area contributed by atoms with Crippen LogP contribution < -0.4 is 10.0 Å². The second-order valence-corrected chi connectivity index (χ2v) is 7.54. The maximum absolute atomic E-state index is 12.4. The number of aromatic nitrogens is 1. The van der Waals surface area contributed by atoms with Crippen molar-refractivity contribution in [3.8, 4) is 0 Å². The number of rotatable bonds is 4. The van der Waals surface area contributed by atoms with Gasteiger partial charge in [0.25, 0.3) is 0 Å². The first-order valence-corrected chi connectivity index (χ1v) is 8.86. The Kier molecular flexibility index (Phi) is 4.27. The van der Waals surface area contributed by atoms with Crippen LogP contribution in [0.25, 0.3) is 0 Å². The minimum absolute atomic E-state index is 0.0498. The maximum Gasteiger partial charge on any atom is 0.240 e. The zero-order valence-corrected chi connectivity index (χ0v) is 13.8. The third-order valence-corrected chi connectivity index (χ3v) is 5.24. The molecule has 0 amide bonds. The summed E-state index contributed by atoms with van der Waals surface area (Å²) in [6, 6.07) is 6.05.